The van der Waals surface area contributed by atoms with Gasteiger partial charge in [0.2, 0.25) is 0 Å². The fourth-order valence-electron chi connectivity index (χ4n) is 2.01. The highest BCUT2D eigenvalue weighted by atomic mass is 79.9. The topological polar surface area (TPSA) is 35.2 Å². The molecule has 0 aliphatic carbocycles. The first kappa shape index (κ1) is 15.5. The van der Waals surface area contributed by atoms with Gasteiger partial charge in [0.15, 0.2) is 0 Å². The first-order valence-electron chi connectivity index (χ1n) is 6.66. The second kappa shape index (κ2) is 7.80. The van der Waals surface area contributed by atoms with Crippen LogP contribution in [0.5, 0.6) is 5.75 Å². The van der Waals surface area contributed by atoms with Crippen LogP contribution in [0.15, 0.2) is 16.6 Å². The number of hydrogen-bond acceptors (Lipinski definition) is 2. The quantitative estimate of drug-likeness (QED) is 0.770. The Balaban J connectivity index is 2.67. The van der Waals surface area contributed by atoms with Crippen molar-refractivity contribution in [1.82, 2.24) is 0 Å². The summed E-state index contributed by atoms with van der Waals surface area (Å²) in [7, 11) is 0. The number of hydrogen-bond donors (Lipinski definition) is 1. The highest BCUT2D eigenvalue weighted by molar-refractivity contribution is 9.10. The third-order valence-corrected chi connectivity index (χ3v) is 3.36. The van der Waals surface area contributed by atoms with Crippen molar-refractivity contribution < 1.29 is 4.74 Å². The largest absolute Gasteiger partial charge is 0.493 e. The minimum Gasteiger partial charge on any atom is -0.493 e. The maximum atomic E-state index is 5.95. The molecule has 0 bridgehead atoms. The molecule has 102 valence electrons. The van der Waals surface area contributed by atoms with E-state index in [9.17, 15) is 0 Å². The number of aryl methyl sites for hydroxylation is 1. The van der Waals surface area contributed by atoms with Crippen molar-refractivity contribution in [2.24, 2.45) is 11.7 Å². The lowest BCUT2D eigenvalue weighted by Gasteiger charge is -2.15. The Hall–Kier alpha value is -0.540. The van der Waals surface area contributed by atoms with Gasteiger partial charge in [-0.05, 0) is 61.9 Å². The molecule has 18 heavy (non-hydrogen) atoms. The van der Waals surface area contributed by atoms with Gasteiger partial charge < -0.3 is 10.5 Å². The Bertz CT molecular complexity index is 377. The molecule has 0 unspecified atom stereocenters. The molecule has 2 nitrogen and oxygen atoms in total. The molecule has 1 rings (SSSR count). The molecule has 1 aromatic carbocycles. The van der Waals surface area contributed by atoms with E-state index in [0.29, 0.717) is 6.54 Å². The number of nitrogens with two attached hydrogens (primary N) is 1. The minimum absolute atomic E-state index is 0.651. The summed E-state index contributed by atoms with van der Waals surface area (Å²) in [5, 5.41) is 0. The Morgan fingerprint density at radius 3 is 2.67 bits per heavy atom. The molecule has 0 saturated carbocycles. The van der Waals surface area contributed by atoms with E-state index in [1.807, 2.05) is 0 Å². The van der Waals surface area contributed by atoms with E-state index in [1.54, 1.807) is 0 Å². The van der Waals surface area contributed by atoms with Crippen LogP contribution in [0.4, 0.5) is 0 Å². The molecule has 0 atom stereocenters. The van der Waals surface area contributed by atoms with Gasteiger partial charge in [0.1, 0.15) is 5.75 Å². The van der Waals surface area contributed by atoms with Crippen LogP contribution in [-0.4, -0.2) is 13.2 Å². The average Bonchev–Trinajstić information content (AvgIpc) is 2.26. The van der Waals surface area contributed by atoms with Crippen LogP contribution < -0.4 is 10.5 Å². The average molecular weight is 314 g/mol. The maximum Gasteiger partial charge on any atom is 0.125 e. The minimum atomic E-state index is 0.651. The number of rotatable bonds is 7. The normalized spacial score (nSPS) is 11.0. The van der Waals surface area contributed by atoms with E-state index in [1.165, 1.54) is 17.5 Å². The first-order valence-corrected chi connectivity index (χ1v) is 7.45. The molecular weight excluding hydrogens is 290 g/mol. The zero-order valence-corrected chi connectivity index (χ0v) is 13.2. The van der Waals surface area contributed by atoms with Crippen LogP contribution in [0.1, 0.15) is 37.8 Å². The summed E-state index contributed by atoms with van der Waals surface area (Å²) in [5.74, 6) is 1.76. The van der Waals surface area contributed by atoms with Crippen molar-refractivity contribution in [3.8, 4) is 5.75 Å². The maximum absolute atomic E-state index is 5.95. The zero-order valence-electron chi connectivity index (χ0n) is 11.6. The van der Waals surface area contributed by atoms with Gasteiger partial charge in [-0.15, -0.1) is 0 Å². The van der Waals surface area contributed by atoms with Crippen LogP contribution in [-0.2, 0) is 6.42 Å². The summed E-state index contributed by atoms with van der Waals surface area (Å²) in [5.41, 5.74) is 8.03. The SMILES string of the molecule is Cc1cc(Br)cc(CCN)c1OCCCC(C)C. The highest BCUT2D eigenvalue weighted by Gasteiger charge is 2.08. The molecule has 0 heterocycles. The molecule has 0 saturated heterocycles. The van der Waals surface area contributed by atoms with Gasteiger partial charge in [0.25, 0.3) is 0 Å². The van der Waals surface area contributed by atoms with Crippen LogP contribution >= 0.6 is 15.9 Å². The van der Waals surface area contributed by atoms with E-state index >= 15 is 0 Å². The van der Waals surface area contributed by atoms with Crippen molar-refractivity contribution in [2.45, 2.75) is 40.0 Å². The molecule has 0 aliphatic rings. The fourth-order valence-corrected chi connectivity index (χ4v) is 2.63. The molecule has 0 amide bonds. The molecule has 3 heteroatoms. The van der Waals surface area contributed by atoms with Crippen molar-refractivity contribution in [3.05, 3.63) is 27.7 Å². The first-order chi connectivity index (χ1) is 8.54. The lowest BCUT2D eigenvalue weighted by atomic mass is 10.1. The summed E-state index contributed by atoms with van der Waals surface area (Å²) in [6, 6.07) is 4.20. The van der Waals surface area contributed by atoms with Crippen LogP contribution in [0.25, 0.3) is 0 Å². The van der Waals surface area contributed by atoms with E-state index in [0.717, 1.165) is 35.6 Å². The van der Waals surface area contributed by atoms with Gasteiger partial charge in [-0.3, -0.25) is 0 Å². The summed E-state index contributed by atoms with van der Waals surface area (Å²) in [6.07, 6.45) is 3.18. The smallest absolute Gasteiger partial charge is 0.125 e. The summed E-state index contributed by atoms with van der Waals surface area (Å²) >= 11 is 3.52. The predicted molar refractivity (Wildman–Crippen MR) is 81.2 cm³/mol. The number of ether oxygens (including phenoxy) is 1. The Morgan fingerprint density at radius 1 is 1.33 bits per heavy atom. The molecule has 0 aromatic heterocycles. The van der Waals surface area contributed by atoms with E-state index < -0.39 is 0 Å². The lowest BCUT2D eigenvalue weighted by Crippen LogP contribution is -2.08. The standard InChI is InChI=1S/C15H24BrNO/c1-11(2)5-4-8-18-15-12(3)9-14(16)10-13(15)6-7-17/h9-11H,4-8,17H2,1-3H3. The van der Waals surface area contributed by atoms with Crippen LogP contribution in [0, 0.1) is 12.8 Å². The molecule has 0 aliphatic heterocycles. The second-order valence-electron chi connectivity index (χ2n) is 5.13. The number of benzene rings is 1. The van der Waals surface area contributed by atoms with Gasteiger partial charge in [-0.1, -0.05) is 29.8 Å². The van der Waals surface area contributed by atoms with Gasteiger partial charge >= 0.3 is 0 Å². The van der Waals surface area contributed by atoms with Gasteiger partial charge in [-0.25, -0.2) is 0 Å². The van der Waals surface area contributed by atoms with Gasteiger partial charge in [0, 0.05) is 4.47 Å². The predicted octanol–water partition coefficient (Wildman–Crippen LogP) is 4.07. The molecule has 0 fully saturated rings. The van der Waals surface area contributed by atoms with Crippen molar-refractivity contribution in [2.75, 3.05) is 13.2 Å². The zero-order chi connectivity index (χ0) is 13.5. The molecule has 0 spiro atoms. The summed E-state index contributed by atoms with van der Waals surface area (Å²) < 4.78 is 7.04. The van der Waals surface area contributed by atoms with Crippen molar-refractivity contribution in [1.29, 1.82) is 0 Å². The van der Waals surface area contributed by atoms with E-state index in [2.05, 4.69) is 48.8 Å². The Labute approximate surface area is 119 Å². The van der Waals surface area contributed by atoms with Gasteiger partial charge in [-0.2, -0.15) is 0 Å². The third-order valence-electron chi connectivity index (χ3n) is 2.90. The van der Waals surface area contributed by atoms with Crippen LogP contribution in [0.2, 0.25) is 0 Å². The number of halogens is 1. The molecule has 0 radical (unpaired) electrons. The monoisotopic (exact) mass is 313 g/mol. The fraction of sp³-hybridized carbons (Fsp3) is 0.600. The molecular formula is C15H24BrNO. The van der Waals surface area contributed by atoms with E-state index in [-0.39, 0.29) is 0 Å². The summed E-state index contributed by atoms with van der Waals surface area (Å²) in [6.45, 7) is 8.01. The summed E-state index contributed by atoms with van der Waals surface area (Å²) in [4.78, 5) is 0. The highest BCUT2D eigenvalue weighted by Crippen LogP contribution is 2.28. The lowest BCUT2D eigenvalue weighted by molar-refractivity contribution is 0.293. The molecule has 1 aromatic rings. The Morgan fingerprint density at radius 2 is 2.06 bits per heavy atom. The Kier molecular flexibility index (Phi) is 6.72. The van der Waals surface area contributed by atoms with Crippen molar-refractivity contribution in [3.63, 3.8) is 0 Å². The van der Waals surface area contributed by atoms with Gasteiger partial charge in [0.05, 0.1) is 6.61 Å². The van der Waals surface area contributed by atoms with Crippen LogP contribution in [0.3, 0.4) is 0 Å². The van der Waals surface area contributed by atoms with Crippen molar-refractivity contribution >= 4 is 15.9 Å². The third kappa shape index (κ3) is 4.99. The second-order valence-corrected chi connectivity index (χ2v) is 6.05. The van der Waals surface area contributed by atoms with E-state index in [4.69, 9.17) is 10.5 Å². The molecule has 2 N–H and O–H groups in total.